The van der Waals surface area contributed by atoms with E-state index in [0.29, 0.717) is 6.54 Å². The van der Waals surface area contributed by atoms with Gasteiger partial charge < -0.3 is 5.73 Å². The molecule has 0 amide bonds. The standard InChI is InChI=1S/C14H15FN2S/c1-9-3-10(2)17-14(4-9)18-13-6-11(8-16)5-12(15)7-13/h3-7H,8,16H2,1-2H3. The lowest BCUT2D eigenvalue weighted by Crippen LogP contribution is -1.97. The highest BCUT2D eigenvalue weighted by molar-refractivity contribution is 7.99. The number of hydrogen-bond acceptors (Lipinski definition) is 3. The van der Waals surface area contributed by atoms with Gasteiger partial charge in [-0.15, -0.1) is 0 Å². The number of rotatable bonds is 3. The minimum absolute atomic E-state index is 0.259. The minimum Gasteiger partial charge on any atom is -0.326 e. The zero-order valence-electron chi connectivity index (χ0n) is 10.4. The van der Waals surface area contributed by atoms with E-state index in [1.807, 2.05) is 32.0 Å². The number of aromatic nitrogens is 1. The van der Waals surface area contributed by atoms with E-state index in [-0.39, 0.29) is 5.82 Å². The summed E-state index contributed by atoms with van der Waals surface area (Å²) >= 11 is 1.45. The molecule has 0 bridgehead atoms. The monoisotopic (exact) mass is 262 g/mol. The zero-order chi connectivity index (χ0) is 13.1. The van der Waals surface area contributed by atoms with Gasteiger partial charge >= 0.3 is 0 Å². The molecule has 0 saturated heterocycles. The Bertz CT molecular complexity index is 549. The van der Waals surface area contributed by atoms with Gasteiger partial charge in [-0.2, -0.15) is 0 Å². The summed E-state index contributed by atoms with van der Waals surface area (Å²) in [5.74, 6) is -0.259. The highest BCUT2D eigenvalue weighted by Gasteiger charge is 2.04. The third kappa shape index (κ3) is 3.31. The lowest BCUT2D eigenvalue weighted by atomic mass is 10.2. The van der Waals surface area contributed by atoms with Gasteiger partial charge in [-0.25, -0.2) is 9.37 Å². The van der Waals surface area contributed by atoms with E-state index in [0.717, 1.165) is 26.7 Å². The number of hydrogen-bond donors (Lipinski definition) is 1. The van der Waals surface area contributed by atoms with Crippen molar-refractivity contribution in [2.75, 3.05) is 0 Å². The van der Waals surface area contributed by atoms with Gasteiger partial charge in [0.1, 0.15) is 10.8 Å². The number of pyridine rings is 1. The van der Waals surface area contributed by atoms with Gasteiger partial charge in [0.15, 0.2) is 0 Å². The van der Waals surface area contributed by atoms with Crippen LogP contribution in [0.3, 0.4) is 0 Å². The fraction of sp³-hybridized carbons (Fsp3) is 0.214. The van der Waals surface area contributed by atoms with E-state index < -0.39 is 0 Å². The van der Waals surface area contributed by atoms with E-state index in [1.165, 1.54) is 23.9 Å². The van der Waals surface area contributed by atoms with Crippen molar-refractivity contribution >= 4 is 11.8 Å². The third-order valence-corrected chi connectivity index (χ3v) is 3.35. The van der Waals surface area contributed by atoms with Gasteiger partial charge in [0.05, 0.1) is 0 Å². The number of nitrogens with two attached hydrogens (primary N) is 1. The molecule has 1 aromatic carbocycles. The SMILES string of the molecule is Cc1cc(C)nc(Sc2cc(F)cc(CN)c2)c1. The van der Waals surface area contributed by atoms with Crippen LogP contribution in [-0.2, 0) is 6.54 Å². The molecule has 0 aliphatic rings. The highest BCUT2D eigenvalue weighted by Crippen LogP contribution is 2.28. The van der Waals surface area contributed by atoms with Gasteiger partial charge in [0.2, 0.25) is 0 Å². The number of halogens is 1. The largest absolute Gasteiger partial charge is 0.326 e. The van der Waals surface area contributed by atoms with Crippen LogP contribution in [0.1, 0.15) is 16.8 Å². The summed E-state index contributed by atoms with van der Waals surface area (Å²) in [5, 5.41) is 0.876. The second-order valence-electron chi connectivity index (χ2n) is 4.23. The molecule has 0 atom stereocenters. The van der Waals surface area contributed by atoms with Crippen molar-refractivity contribution in [2.24, 2.45) is 5.73 Å². The van der Waals surface area contributed by atoms with E-state index in [9.17, 15) is 4.39 Å². The lowest BCUT2D eigenvalue weighted by molar-refractivity contribution is 0.621. The Morgan fingerprint density at radius 1 is 1.17 bits per heavy atom. The molecule has 2 aromatic rings. The van der Waals surface area contributed by atoms with E-state index in [4.69, 9.17) is 5.73 Å². The molecule has 0 saturated carbocycles. The second-order valence-corrected chi connectivity index (χ2v) is 5.32. The Morgan fingerprint density at radius 2 is 1.94 bits per heavy atom. The molecular formula is C14H15FN2S. The van der Waals surface area contributed by atoms with Crippen molar-refractivity contribution in [2.45, 2.75) is 30.3 Å². The first-order valence-electron chi connectivity index (χ1n) is 5.69. The fourth-order valence-corrected chi connectivity index (χ4v) is 2.83. The quantitative estimate of drug-likeness (QED) is 0.920. The van der Waals surface area contributed by atoms with Crippen LogP contribution >= 0.6 is 11.8 Å². The van der Waals surface area contributed by atoms with Gasteiger partial charge in [-0.05, 0) is 55.3 Å². The van der Waals surface area contributed by atoms with Crippen molar-refractivity contribution in [1.82, 2.24) is 4.98 Å². The molecule has 0 fully saturated rings. The molecule has 0 aliphatic carbocycles. The predicted molar refractivity (Wildman–Crippen MR) is 72.1 cm³/mol. The van der Waals surface area contributed by atoms with E-state index in [1.54, 1.807) is 0 Å². The first-order chi connectivity index (χ1) is 8.56. The summed E-state index contributed by atoms with van der Waals surface area (Å²) in [6.45, 7) is 4.31. The third-order valence-electron chi connectivity index (χ3n) is 2.46. The van der Waals surface area contributed by atoms with Crippen LogP contribution in [0.4, 0.5) is 4.39 Å². The number of nitrogens with zero attached hydrogens (tertiary/aromatic N) is 1. The smallest absolute Gasteiger partial charge is 0.124 e. The molecule has 0 spiro atoms. The number of aryl methyl sites for hydroxylation is 2. The molecule has 0 radical (unpaired) electrons. The van der Waals surface area contributed by atoms with Gasteiger partial charge in [0.25, 0.3) is 0 Å². The molecule has 1 heterocycles. The van der Waals surface area contributed by atoms with E-state index in [2.05, 4.69) is 4.98 Å². The average molecular weight is 262 g/mol. The molecule has 1 aromatic heterocycles. The van der Waals surface area contributed by atoms with Crippen LogP contribution in [0.2, 0.25) is 0 Å². The maximum atomic E-state index is 13.4. The van der Waals surface area contributed by atoms with Crippen LogP contribution in [0.15, 0.2) is 40.3 Å². The van der Waals surface area contributed by atoms with Crippen molar-refractivity contribution in [3.8, 4) is 0 Å². The Hall–Kier alpha value is -1.39. The van der Waals surface area contributed by atoms with Gasteiger partial charge in [-0.1, -0.05) is 11.8 Å². The van der Waals surface area contributed by atoms with Crippen LogP contribution < -0.4 is 5.73 Å². The van der Waals surface area contributed by atoms with Crippen molar-refractivity contribution in [3.05, 3.63) is 53.0 Å². The maximum absolute atomic E-state index is 13.4. The van der Waals surface area contributed by atoms with Crippen LogP contribution in [0.5, 0.6) is 0 Å². The Morgan fingerprint density at radius 3 is 2.61 bits per heavy atom. The van der Waals surface area contributed by atoms with Crippen molar-refractivity contribution in [1.29, 1.82) is 0 Å². The zero-order valence-corrected chi connectivity index (χ0v) is 11.2. The Kier molecular flexibility index (Phi) is 3.99. The van der Waals surface area contributed by atoms with Gasteiger partial charge in [-0.3, -0.25) is 0 Å². The van der Waals surface area contributed by atoms with Crippen LogP contribution in [0, 0.1) is 19.7 Å². The summed E-state index contributed by atoms with van der Waals surface area (Å²) in [5.41, 5.74) is 8.45. The summed E-state index contributed by atoms with van der Waals surface area (Å²) in [4.78, 5) is 5.25. The molecule has 0 aliphatic heterocycles. The molecule has 94 valence electrons. The summed E-state index contributed by atoms with van der Waals surface area (Å²) in [7, 11) is 0. The fourth-order valence-electron chi connectivity index (χ4n) is 1.77. The maximum Gasteiger partial charge on any atom is 0.124 e. The molecule has 4 heteroatoms. The topological polar surface area (TPSA) is 38.9 Å². The van der Waals surface area contributed by atoms with Crippen molar-refractivity contribution < 1.29 is 4.39 Å². The van der Waals surface area contributed by atoms with Gasteiger partial charge in [0, 0.05) is 17.1 Å². The average Bonchev–Trinajstić information content (AvgIpc) is 2.26. The Labute approximate surface area is 110 Å². The molecule has 2 nitrogen and oxygen atoms in total. The molecular weight excluding hydrogens is 247 g/mol. The van der Waals surface area contributed by atoms with Crippen LogP contribution in [0.25, 0.3) is 0 Å². The summed E-state index contributed by atoms with van der Waals surface area (Å²) < 4.78 is 13.4. The Balaban J connectivity index is 2.30. The minimum atomic E-state index is -0.259. The molecule has 2 N–H and O–H groups in total. The van der Waals surface area contributed by atoms with Crippen LogP contribution in [-0.4, -0.2) is 4.98 Å². The molecule has 18 heavy (non-hydrogen) atoms. The van der Waals surface area contributed by atoms with Crippen molar-refractivity contribution in [3.63, 3.8) is 0 Å². The molecule has 0 unspecified atom stereocenters. The summed E-state index contributed by atoms with van der Waals surface area (Å²) in [6.07, 6.45) is 0. The number of benzene rings is 1. The normalized spacial score (nSPS) is 10.7. The first-order valence-corrected chi connectivity index (χ1v) is 6.51. The summed E-state index contributed by atoms with van der Waals surface area (Å²) in [6, 6.07) is 8.86. The first kappa shape index (κ1) is 13.1. The second kappa shape index (κ2) is 5.50. The lowest BCUT2D eigenvalue weighted by Gasteiger charge is -2.06. The highest BCUT2D eigenvalue weighted by atomic mass is 32.2. The predicted octanol–water partition coefficient (Wildman–Crippen LogP) is 3.45. The molecule has 2 rings (SSSR count). The van der Waals surface area contributed by atoms with E-state index >= 15 is 0 Å².